The first-order valence-electron chi connectivity index (χ1n) is 5.81. The van der Waals surface area contributed by atoms with Crippen molar-refractivity contribution in [3.63, 3.8) is 0 Å². The Kier molecular flexibility index (Phi) is 2.60. The van der Waals surface area contributed by atoms with Gasteiger partial charge in [-0.25, -0.2) is 4.99 Å². The first kappa shape index (κ1) is 11.3. The molecule has 1 aliphatic heterocycles. The molecule has 2 aliphatic rings. The maximum Gasteiger partial charge on any atom is 0.0776 e. The van der Waals surface area contributed by atoms with Crippen LogP contribution in [-0.4, -0.2) is 5.71 Å². The van der Waals surface area contributed by atoms with Gasteiger partial charge in [0.1, 0.15) is 0 Å². The molecule has 3 rings (SSSR count). The fourth-order valence-corrected chi connectivity index (χ4v) is 3.13. The average Bonchev–Trinajstić information content (AvgIpc) is 2.44. The van der Waals surface area contributed by atoms with E-state index in [1.165, 1.54) is 9.80 Å². The van der Waals surface area contributed by atoms with Crippen LogP contribution in [-0.2, 0) is 0 Å². The van der Waals surface area contributed by atoms with Crippen molar-refractivity contribution in [1.29, 1.82) is 0 Å². The molecule has 1 aliphatic carbocycles. The monoisotopic (exact) mass is 251 g/mol. The molecule has 0 unspecified atom stereocenters. The van der Waals surface area contributed by atoms with Gasteiger partial charge in [-0.15, -0.1) is 13.2 Å². The highest BCUT2D eigenvalue weighted by Crippen LogP contribution is 2.44. The Morgan fingerprint density at radius 2 is 1.94 bits per heavy atom. The molecule has 0 fully saturated rings. The molecule has 1 nitrogen and oxygen atoms in total. The zero-order valence-electron chi connectivity index (χ0n) is 9.97. The highest BCUT2D eigenvalue weighted by molar-refractivity contribution is 8.04. The molecule has 0 spiro atoms. The Balaban J connectivity index is 2.11. The van der Waals surface area contributed by atoms with Crippen LogP contribution < -0.4 is 0 Å². The lowest BCUT2D eigenvalue weighted by Gasteiger charge is -2.26. The van der Waals surface area contributed by atoms with Gasteiger partial charge in [-0.3, -0.25) is 0 Å². The normalized spacial score (nSPS) is 19.1. The van der Waals surface area contributed by atoms with Gasteiger partial charge < -0.3 is 0 Å². The van der Waals surface area contributed by atoms with Crippen molar-refractivity contribution in [2.45, 2.75) is 4.90 Å². The summed E-state index contributed by atoms with van der Waals surface area (Å²) < 4.78 is 0. The van der Waals surface area contributed by atoms with E-state index in [0.717, 1.165) is 11.4 Å². The summed E-state index contributed by atoms with van der Waals surface area (Å²) in [4.78, 5) is 7.05. The van der Waals surface area contributed by atoms with E-state index in [0.29, 0.717) is 0 Å². The van der Waals surface area contributed by atoms with Crippen LogP contribution in [0.4, 0.5) is 5.69 Å². The number of benzene rings is 1. The lowest BCUT2D eigenvalue weighted by atomic mass is 9.84. The van der Waals surface area contributed by atoms with Crippen molar-refractivity contribution in [1.82, 2.24) is 0 Å². The van der Waals surface area contributed by atoms with Gasteiger partial charge in [-0.2, -0.15) is 0 Å². The molecule has 0 radical (unpaired) electrons. The van der Waals surface area contributed by atoms with Crippen LogP contribution in [0, 0.1) is 5.41 Å². The molecule has 2 heteroatoms. The minimum absolute atomic E-state index is 0.242. The van der Waals surface area contributed by atoms with Crippen molar-refractivity contribution < 1.29 is 0 Å². The first-order chi connectivity index (χ1) is 8.76. The Bertz CT molecular complexity index is 612. The van der Waals surface area contributed by atoms with E-state index in [1.807, 2.05) is 30.4 Å². The average molecular weight is 251 g/mol. The van der Waals surface area contributed by atoms with Gasteiger partial charge >= 0.3 is 0 Å². The summed E-state index contributed by atoms with van der Waals surface area (Å²) in [5.74, 6) is 0. The smallest absolute Gasteiger partial charge is 0.0776 e. The predicted octanol–water partition coefficient (Wildman–Crippen LogP) is 4.68. The molecule has 1 heterocycles. The van der Waals surface area contributed by atoms with E-state index in [2.05, 4.69) is 42.4 Å². The number of hydrogen-bond donors (Lipinski definition) is 0. The molecule has 1 aromatic carbocycles. The number of aliphatic imine (C=N–C) groups is 1. The Morgan fingerprint density at radius 1 is 1.17 bits per heavy atom. The number of rotatable bonds is 2. The summed E-state index contributed by atoms with van der Waals surface area (Å²) in [6, 6.07) is 8.20. The summed E-state index contributed by atoms with van der Waals surface area (Å²) in [5.41, 5.74) is 1.83. The van der Waals surface area contributed by atoms with Crippen molar-refractivity contribution >= 4 is 23.2 Å². The fraction of sp³-hybridized carbons (Fsp3) is 0.0625. The zero-order valence-corrected chi connectivity index (χ0v) is 10.8. The molecule has 0 saturated carbocycles. The van der Waals surface area contributed by atoms with E-state index < -0.39 is 0 Å². The molecule has 1 aromatic rings. The van der Waals surface area contributed by atoms with Crippen LogP contribution in [0.3, 0.4) is 0 Å². The molecular weight excluding hydrogens is 238 g/mol. The second-order valence-corrected chi connectivity index (χ2v) is 5.40. The summed E-state index contributed by atoms with van der Waals surface area (Å²) in [6.07, 6.45) is 10.1. The lowest BCUT2D eigenvalue weighted by molar-refractivity contribution is 0.821. The van der Waals surface area contributed by atoms with Crippen molar-refractivity contribution in [3.05, 3.63) is 72.7 Å². The standard InChI is InChI=1S/C16H13NS/c1-3-16(4-2)10-9-13-15(11-16)18-14-8-6-5-7-12(14)17-13/h3-11H,1-2H2. The van der Waals surface area contributed by atoms with Crippen LogP contribution >= 0.6 is 11.8 Å². The molecule has 88 valence electrons. The number of para-hydroxylation sites is 1. The quantitative estimate of drug-likeness (QED) is 0.695. The number of nitrogens with zero attached hydrogens (tertiary/aromatic N) is 1. The maximum atomic E-state index is 4.67. The topological polar surface area (TPSA) is 12.4 Å². The zero-order chi connectivity index (χ0) is 12.6. The fourth-order valence-electron chi connectivity index (χ4n) is 2.05. The summed E-state index contributed by atoms with van der Waals surface area (Å²) >= 11 is 1.76. The molecule has 0 amide bonds. The SMILES string of the molecule is C=CC1(C=C)C=CC2=Nc3ccccc3SC2=C1. The van der Waals surface area contributed by atoms with Crippen molar-refractivity contribution in [3.8, 4) is 0 Å². The number of fused-ring (bicyclic) bond motifs is 2. The van der Waals surface area contributed by atoms with E-state index in [9.17, 15) is 0 Å². The van der Waals surface area contributed by atoms with Crippen molar-refractivity contribution in [2.75, 3.05) is 0 Å². The minimum Gasteiger partial charge on any atom is -0.247 e. The van der Waals surface area contributed by atoms with Crippen LogP contribution in [0.25, 0.3) is 0 Å². The molecule has 0 atom stereocenters. The van der Waals surface area contributed by atoms with Gasteiger partial charge in [-0.1, -0.05) is 48.2 Å². The lowest BCUT2D eigenvalue weighted by Crippen LogP contribution is -2.16. The molecule has 0 N–H and O–H groups in total. The third kappa shape index (κ3) is 1.70. The number of hydrogen-bond acceptors (Lipinski definition) is 2. The van der Waals surface area contributed by atoms with Gasteiger partial charge in [0.25, 0.3) is 0 Å². The van der Waals surface area contributed by atoms with E-state index >= 15 is 0 Å². The van der Waals surface area contributed by atoms with Crippen LogP contribution in [0.15, 0.2) is 82.6 Å². The van der Waals surface area contributed by atoms with E-state index in [4.69, 9.17) is 0 Å². The van der Waals surface area contributed by atoms with E-state index in [1.54, 1.807) is 11.8 Å². The van der Waals surface area contributed by atoms with Gasteiger partial charge in [0, 0.05) is 15.2 Å². The predicted molar refractivity (Wildman–Crippen MR) is 79.4 cm³/mol. The summed E-state index contributed by atoms with van der Waals surface area (Å²) in [5, 5.41) is 0. The third-order valence-corrected chi connectivity index (χ3v) is 4.31. The number of allylic oxidation sites excluding steroid dienone is 6. The van der Waals surface area contributed by atoms with Gasteiger partial charge in [0.05, 0.1) is 11.4 Å². The summed E-state index contributed by atoms with van der Waals surface area (Å²) in [7, 11) is 0. The highest BCUT2D eigenvalue weighted by Gasteiger charge is 2.26. The number of thioether (sulfide) groups is 1. The second-order valence-electron chi connectivity index (χ2n) is 4.32. The Hall–Kier alpha value is -1.80. The molecule has 0 saturated heterocycles. The van der Waals surface area contributed by atoms with E-state index in [-0.39, 0.29) is 5.41 Å². The largest absolute Gasteiger partial charge is 0.247 e. The molecule has 0 bridgehead atoms. The van der Waals surface area contributed by atoms with Gasteiger partial charge in [0.2, 0.25) is 0 Å². The highest BCUT2D eigenvalue weighted by atomic mass is 32.2. The first-order valence-corrected chi connectivity index (χ1v) is 6.63. The van der Waals surface area contributed by atoms with Crippen LogP contribution in [0.5, 0.6) is 0 Å². The minimum atomic E-state index is -0.242. The van der Waals surface area contributed by atoms with Gasteiger partial charge in [-0.05, 0) is 18.2 Å². The van der Waals surface area contributed by atoms with Crippen LogP contribution in [0.2, 0.25) is 0 Å². The molecule has 18 heavy (non-hydrogen) atoms. The Labute approximate surface area is 111 Å². The third-order valence-electron chi connectivity index (χ3n) is 3.20. The van der Waals surface area contributed by atoms with Crippen molar-refractivity contribution in [2.24, 2.45) is 10.4 Å². The molecule has 0 aromatic heterocycles. The summed E-state index contributed by atoms with van der Waals surface area (Å²) in [6.45, 7) is 7.79. The van der Waals surface area contributed by atoms with Gasteiger partial charge in [0.15, 0.2) is 0 Å². The Morgan fingerprint density at radius 3 is 2.72 bits per heavy atom. The van der Waals surface area contributed by atoms with Crippen LogP contribution in [0.1, 0.15) is 0 Å². The second kappa shape index (κ2) is 4.14. The molecular formula is C16H13NS. The maximum absolute atomic E-state index is 4.67.